The van der Waals surface area contributed by atoms with Crippen LogP contribution in [0.5, 0.6) is 0 Å². The summed E-state index contributed by atoms with van der Waals surface area (Å²) < 4.78 is 0. The van der Waals surface area contributed by atoms with E-state index in [0.29, 0.717) is 0 Å². The first kappa shape index (κ1) is 9.77. The Morgan fingerprint density at radius 2 is 2.40 bits per heavy atom. The Morgan fingerprint density at radius 1 is 1.53 bits per heavy atom. The van der Waals surface area contributed by atoms with Gasteiger partial charge >= 0.3 is 5.97 Å². The summed E-state index contributed by atoms with van der Waals surface area (Å²) in [4.78, 5) is 10.3. The van der Waals surface area contributed by atoms with E-state index in [2.05, 4.69) is 11.4 Å². The van der Waals surface area contributed by atoms with E-state index in [0.717, 1.165) is 18.5 Å². The maximum absolute atomic E-state index is 10.3. The van der Waals surface area contributed by atoms with Gasteiger partial charge in [0.2, 0.25) is 0 Å². The van der Waals surface area contributed by atoms with Crippen LogP contribution in [-0.4, -0.2) is 17.6 Å². The van der Waals surface area contributed by atoms with Gasteiger partial charge in [-0.3, -0.25) is 4.79 Å². The van der Waals surface area contributed by atoms with Gasteiger partial charge in [-0.15, -0.1) is 0 Å². The number of hydrogen-bond donors (Lipinski definition) is 2. The second-order valence-electron chi connectivity index (χ2n) is 3.59. The van der Waals surface area contributed by atoms with Crippen molar-refractivity contribution in [2.45, 2.75) is 12.8 Å². The topological polar surface area (TPSA) is 49.3 Å². The first-order valence-electron chi connectivity index (χ1n) is 5.01. The van der Waals surface area contributed by atoms with Crippen LogP contribution in [0, 0.1) is 0 Å². The molecule has 0 atom stereocenters. The molecule has 78 valence electrons. The van der Waals surface area contributed by atoms with Crippen molar-refractivity contribution in [1.82, 2.24) is 0 Å². The zero-order valence-electron chi connectivity index (χ0n) is 8.36. The van der Waals surface area contributed by atoms with E-state index in [4.69, 9.17) is 5.11 Å². The SMILES string of the molecule is O=C(O)CC=Cc1ccc2c(c1)CCN2. The lowest BCUT2D eigenvalue weighted by molar-refractivity contribution is -0.135. The molecule has 1 aliphatic rings. The molecule has 3 nitrogen and oxygen atoms in total. The summed E-state index contributed by atoms with van der Waals surface area (Å²) in [5, 5.41) is 11.8. The highest BCUT2D eigenvalue weighted by Crippen LogP contribution is 2.23. The second-order valence-corrected chi connectivity index (χ2v) is 3.59. The molecule has 0 amide bonds. The number of anilines is 1. The van der Waals surface area contributed by atoms with Crippen molar-refractivity contribution in [3.8, 4) is 0 Å². The molecular formula is C12H13NO2. The van der Waals surface area contributed by atoms with Crippen molar-refractivity contribution in [3.63, 3.8) is 0 Å². The van der Waals surface area contributed by atoms with Crippen molar-refractivity contribution >= 4 is 17.7 Å². The van der Waals surface area contributed by atoms with E-state index in [1.807, 2.05) is 18.2 Å². The van der Waals surface area contributed by atoms with Crippen LogP contribution in [-0.2, 0) is 11.2 Å². The van der Waals surface area contributed by atoms with Gasteiger partial charge in [0.15, 0.2) is 0 Å². The predicted molar refractivity (Wildman–Crippen MR) is 59.9 cm³/mol. The Hall–Kier alpha value is -1.77. The Balaban J connectivity index is 2.10. The van der Waals surface area contributed by atoms with Gasteiger partial charge in [-0.1, -0.05) is 18.2 Å². The maximum Gasteiger partial charge on any atom is 0.307 e. The molecule has 1 aromatic rings. The molecule has 0 unspecified atom stereocenters. The third-order valence-electron chi connectivity index (χ3n) is 2.44. The monoisotopic (exact) mass is 203 g/mol. The van der Waals surface area contributed by atoms with Gasteiger partial charge in [0, 0.05) is 12.2 Å². The third-order valence-corrected chi connectivity index (χ3v) is 2.44. The maximum atomic E-state index is 10.3. The molecule has 0 radical (unpaired) electrons. The van der Waals surface area contributed by atoms with Crippen LogP contribution in [0.2, 0.25) is 0 Å². The summed E-state index contributed by atoms with van der Waals surface area (Å²) in [6.07, 6.45) is 4.66. The quantitative estimate of drug-likeness (QED) is 0.791. The van der Waals surface area contributed by atoms with E-state index in [1.54, 1.807) is 6.08 Å². The van der Waals surface area contributed by atoms with E-state index < -0.39 is 5.97 Å². The average Bonchev–Trinajstić information content (AvgIpc) is 2.64. The van der Waals surface area contributed by atoms with Gasteiger partial charge < -0.3 is 10.4 Å². The minimum Gasteiger partial charge on any atom is -0.481 e. The Bertz CT molecular complexity index is 410. The zero-order valence-corrected chi connectivity index (χ0v) is 8.36. The van der Waals surface area contributed by atoms with Crippen LogP contribution in [0.3, 0.4) is 0 Å². The van der Waals surface area contributed by atoms with Crippen LogP contribution in [0.25, 0.3) is 6.08 Å². The van der Waals surface area contributed by atoms with Crippen LogP contribution < -0.4 is 5.32 Å². The van der Waals surface area contributed by atoms with Gasteiger partial charge in [-0.05, 0) is 29.7 Å². The van der Waals surface area contributed by atoms with Crippen molar-refractivity contribution < 1.29 is 9.90 Å². The van der Waals surface area contributed by atoms with Gasteiger partial charge in [0.1, 0.15) is 0 Å². The number of rotatable bonds is 3. The van der Waals surface area contributed by atoms with E-state index >= 15 is 0 Å². The van der Waals surface area contributed by atoms with Crippen molar-refractivity contribution in [1.29, 1.82) is 0 Å². The van der Waals surface area contributed by atoms with Gasteiger partial charge in [-0.25, -0.2) is 0 Å². The number of hydrogen-bond acceptors (Lipinski definition) is 2. The molecule has 3 heteroatoms. The highest BCUT2D eigenvalue weighted by Gasteiger charge is 2.08. The lowest BCUT2D eigenvalue weighted by atomic mass is 10.1. The van der Waals surface area contributed by atoms with Gasteiger partial charge in [0.25, 0.3) is 0 Å². The Kier molecular flexibility index (Phi) is 2.72. The summed E-state index contributed by atoms with van der Waals surface area (Å²) in [5.74, 6) is -0.797. The number of carboxylic acids is 1. The summed E-state index contributed by atoms with van der Waals surface area (Å²) in [6.45, 7) is 0.998. The summed E-state index contributed by atoms with van der Waals surface area (Å²) in [7, 11) is 0. The lowest BCUT2D eigenvalue weighted by Gasteiger charge is -2.00. The minimum absolute atomic E-state index is 0.0787. The fourth-order valence-electron chi connectivity index (χ4n) is 1.72. The highest BCUT2D eigenvalue weighted by molar-refractivity contribution is 5.71. The predicted octanol–water partition coefficient (Wildman–Crippen LogP) is 2.14. The third kappa shape index (κ3) is 2.37. The summed E-state index contributed by atoms with van der Waals surface area (Å²) in [6, 6.07) is 6.14. The fraction of sp³-hybridized carbons (Fsp3) is 0.250. The van der Waals surface area contributed by atoms with Crippen LogP contribution in [0.1, 0.15) is 17.5 Å². The molecule has 0 fully saturated rings. The van der Waals surface area contributed by atoms with Crippen LogP contribution in [0.4, 0.5) is 5.69 Å². The number of carbonyl (C=O) groups is 1. The fourth-order valence-corrected chi connectivity index (χ4v) is 1.72. The molecule has 0 bridgehead atoms. The molecule has 2 rings (SSSR count). The summed E-state index contributed by atoms with van der Waals surface area (Å²) in [5.41, 5.74) is 3.58. The first-order chi connectivity index (χ1) is 7.25. The Morgan fingerprint density at radius 3 is 3.20 bits per heavy atom. The minimum atomic E-state index is -0.797. The Labute approximate surface area is 88.4 Å². The molecule has 1 aromatic carbocycles. The second kappa shape index (κ2) is 4.17. The molecule has 0 aromatic heterocycles. The number of fused-ring (bicyclic) bond motifs is 1. The van der Waals surface area contributed by atoms with Crippen LogP contribution >= 0.6 is 0 Å². The smallest absolute Gasteiger partial charge is 0.307 e. The number of carboxylic acid groups (broad SMARTS) is 1. The molecule has 1 aliphatic heterocycles. The largest absolute Gasteiger partial charge is 0.481 e. The molecular weight excluding hydrogens is 190 g/mol. The summed E-state index contributed by atoms with van der Waals surface area (Å²) >= 11 is 0. The molecule has 0 saturated carbocycles. The molecule has 0 aliphatic carbocycles. The zero-order chi connectivity index (χ0) is 10.7. The number of benzene rings is 1. The lowest BCUT2D eigenvalue weighted by Crippen LogP contribution is -1.90. The van der Waals surface area contributed by atoms with Gasteiger partial charge in [0.05, 0.1) is 6.42 Å². The first-order valence-corrected chi connectivity index (χ1v) is 5.01. The number of nitrogens with one attached hydrogen (secondary N) is 1. The standard InChI is InChI=1S/C12H13NO2/c14-12(15)3-1-2-9-4-5-11-10(8-9)6-7-13-11/h1-2,4-5,8,13H,3,6-7H2,(H,14,15). The molecule has 0 saturated heterocycles. The molecule has 15 heavy (non-hydrogen) atoms. The van der Waals surface area contributed by atoms with E-state index in [-0.39, 0.29) is 6.42 Å². The van der Waals surface area contributed by atoms with Crippen molar-refractivity contribution in [2.75, 3.05) is 11.9 Å². The number of aliphatic carboxylic acids is 1. The van der Waals surface area contributed by atoms with E-state index in [1.165, 1.54) is 11.3 Å². The van der Waals surface area contributed by atoms with Crippen molar-refractivity contribution in [2.24, 2.45) is 0 Å². The molecule has 1 heterocycles. The average molecular weight is 203 g/mol. The van der Waals surface area contributed by atoms with E-state index in [9.17, 15) is 4.79 Å². The highest BCUT2D eigenvalue weighted by atomic mass is 16.4. The normalized spacial score (nSPS) is 13.9. The molecule has 0 spiro atoms. The van der Waals surface area contributed by atoms with Gasteiger partial charge in [-0.2, -0.15) is 0 Å². The van der Waals surface area contributed by atoms with Crippen molar-refractivity contribution in [3.05, 3.63) is 35.4 Å². The molecule has 2 N–H and O–H groups in total. The van der Waals surface area contributed by atoms with Crippen LogP contribution in [0.15, 0.2) is 24.3 Å².